The van der Waals surface area contributed by atoms with E-state index >= 15 is 0 Å². The van der Waals surface area contributed by atoms with Gasteiger partial charge in [0.1, 0.15) is 18.1 Å². The molecule has 0 aliphatic carbocycles. The van der Waals surface area contributed by atoms with E-state index in [0.717, 1.165) is 38.5 Å². The Morgan fingerprint density at radius 1 is 0.769 bits per heavy atom. The molecule has 4 amide bonds. The molecule has 19 heteroatoms. The number of carbonyl (C=O) groups is 8. The van der Waals surface area contributed by atoms with Crippen LogP contribution in [0.3, 0.4) is 0 Å². The van der Waals surface area contributed by atoms with Crippen molar-refractivity contribution in [3.63, 3.8) is 0 Å². The third-order valence-corrected chi connectivity index (χ3v) is 8.98. The number of carboxylic acids is 2. The van der Waals surface area contributed by atoms with Crippen LogP contribution < -0.4 is 37.6 Å². The zero-order valence-corrected chi connectivity index (χ0v) is 30.9. The lowest BCUT2D eigenvalue weighted by Crippen LogP contribution is -2.58. The number of aliphatic carboxylic acids is 2. The summed E-state index contributed by atoms with van der Waals surface area (Å²) in [5.41, 5.74) is 5.34. The van der Waals surface area contributed by atoms with Gasteiger partial charge in [0, 0.05) is 19.4 Å². The minimum atomic E-state index is -1.58. The van der Waals surface area contributed by atoms with Gasteiger partial charge in [-0.1, -0.05) is 32.1 Å². The highest BCUT2D eigenvalue weighted by Gasteiger charge is 2.34. The molecule has 3 unspecified atom stereocenters. The van der Waals surface area contributed by atoms with E-state index in [9.17, 15) is 48.6 Å². The molecule has 294 valence electrons. The van der Waals surface area contributed by atoms with E-state index in [4.69, 9.17) is 11.1 Å². The molecule has 52 heavy (non-hydrogen) atoms. The minimum Gasteiger partial charge on any atom is -0.481 e. The van der Waals surface area contributed by atoms with E-state index in [1.54, 1.807) is 13.2 Å². The topological polar surface area (TPSA) is 299 Å². The van der Waals surface area contributed by atoms with Crippen LogP contribution in [0, 0.1) is 5.41 Å². The van der Waals surface area contributed by atoms with Gasteiger partial charge >= 0.3 is 11.9 Å². The molecule has 1 aliphatic rings. The molecular formula is C33H56N8O10S. The number of carbonyl (C=O) groups excluding carboxylic acids is 6. The Kier molecular flexibility index (Phi) is 22.6. The van der Waals surface area contributed by atoms with E-state index in [0.29, 0.717) is 18.7 Å². The second-order valence-electron chi connectivity index (χ2n) is 12.7. The van der Waals surface area contributed by atoms with E-state index < -0.39 is 96.6 Å². The predicted molar refractivity (Wildman–Crippen MR) is 193 cm³/mol. The molecule has 0 aromatic rings. The maximum atomic E-state index is 13.7. The van der Waals surface area contributed by atoms with Gasteiger partial charge in [0.25, 0.3) is 0 Å². The summed E-state index contributed by atoms with van der Waals surface area (Å²) in [4.78, 5) is 103. The van der Waals surface area contributed by atoms with E-state index in [1.165, 1.54) is 11.8 Å². The summed E-state index contributed by atoms with van der Waals surface area (Å²) in [5.74, 6) is -7.55. The third-order valence-electron chi connectivity index (χ3n) is 8.34. The SMILES string of the molecule is CSCCC1NC(=O)[C@H](CCCNC(=N)N)NC(=O)C(CCC(=O)O)NC(=O)[C@H](CC(=O)O)NC(=O)CCCCCCCCCNC(C)C(=O)C1=O. The number of thioether (sulfide) groups is 1. The van der Waals surface area contributed by atoms with Gasteiger partial charge in [-0.25, -0.2) is 0 Å². The Morgan fingerprint density at radius 2 is 1.33 bits per heavy atom. The molecule has 0 saturated carbocycles. The summed E-state index contributed by atoms with van der Waals surface area (Å²) in [6.45, 7) is 2.20. The van der Waals surface area contributed by atoms with Crippen molar-refractivity contribution in [3.8, 4) is 0 Å². The summed E-state index contributed by atoms with van der Waals surface area (Å²) in [6, 6.07) is -6.53. The number of ketones is 2. The number of hydrogen-bond acceptors (Lipinski definition) is 11. The van der Waals surface area contributed by atoms with Crippen LogP contribution in [0.2, 0.25) is 0 Å². The van der Waals surface area contributed by atoms with E-state index in [-0.39, 0.29) is 38.2 Å². The number of nitrogens with one attached hydrogen (secondary N) is 7. The quantitative estimate of drug-likeness (QED) is 0.0522. The van der Waals surface area contributed by atoms with Gasteiger partial charge in [-0.15, -0.1) is 0 Å². The van der Waals surface area contributed by atoms with E-state index in [2.05, 4.69) is 31.9 Å². The summed E-state index contributed by atoms with van der Waals surface area (Å²) >= 11 is 1.40. The van der Waals surface area contributed by atoms with Crippen LogP contribution >= 0.6 is 11.8 Å². The van der Waals surface area contributed by atoms with Crippen LogP contribution in [0.25, 0.3) is 0 Å². The zero-order valence-electron chi connectivity index (χ0n) is 30.1. The van der Waals surface area contributed by atoms with Gasteiger partial charge in [-0.2, -0.15) is 11.8 Å². The number of nitrogens with two attached hydrogens (primary N) is 1. The molecule has 1 saturated heterocycles. The van der Waals surface area contributed by atoms with Crippen molar-refractivity contribution < 1.29 is 48.6 Å². The molecule has 0 aromatic carbocycles. The molecule has 1 aliphatic heterocycles. The molecule has 18 nitrogen and oxygen atoms in total. The fourth-order valence-corrected chi connectivity index (χ4v) is 5.87. The Labute approximate surface area is 308 Å². The molecule has 0 radical (unpaired) electrons. The minimum absolute atomic E-state index is 0.0358. The predicted octanol–water partition coefficient (Wildman–Crippen LogP) is -0.468. The van der Waals surface area contributed by atoms with Gasteiger partial charge in [0.15, 0.2) is 5.96 Å². The molecule has 0 spiro atoms. The van der Waals surface area contributed by atoms with Crippen molar-refractivity contribution in [2.45, 2.75) is 127 Å². The van der Waals surface area contributed by atoms with Crippen LogP contribution in [-0.4, -0.2) is 119 Å². The Hall–Kier alpha value is -4.26. The molecule has 0 bridgehead atoms. The molecule has 1 fully saturated rings. The standard InChI is InChI=1S/C33H56N8O10S/c1-20-28(47)29(48)21(15-18-52-2)39-30(49)22(11-10-17-37-33(34)35)40-31(50)23(13-14-26(43)44)41-32(51)24(19-27(45)46)38-25(42)12-8-6-4-3-5-7-9-16-36-20/h20-24,36H,3-19H2,1-2H3,(H,38,42)(H,39,49)(H,40,50)(H,41,51)(H,43,44)(H,45,46)(H4,34,35,37)/t20?,21?,22-,23?,24-/m0/s1. The van der Waals surface area contributed by atoms with Gasteiger partial charge in [0.05, 0.1) is 18.5 Å². The van der Waals surface area contributed by atoms with E-state index in [1.807, 2.05) is 0 Å². The zero-order chi connectivity index (χ0) is 39.1. The van der Waals surface area contributed by atoms with Crippen LogP contribution in [0.1, 0.15) is 96.8 Å². The lowest BCUT2D eigenvalue weighted by molar-refractivity contribution is -0.141. The van der Waals surface area contributed by atoms with Gasteiger partial charge in [0.2, 0.25) is 35.2 Å². The number of hydrogen-bond donors (Lipinski definition) is 10. The van der Waals surface area contributed by atoms with Gasteiger partial charge < -0.3 is 47.8 Å². The lowest BCUT2D eigenvalue weighted by atomic mass is 10.0. The monoisotopic (exact) mass is 756 g/mol. The number of carboxylic acid groups (broad SMARTS) is 2. The highest BCUT2D eigenvalue weighted by molar-refractivity contribution is 7.98. The average molecular weight is 757 g/mol. The number of Topliss-reactive ketones (excluding diaryl/α,β-unsaturated/α-hetero) is 2. The highest BCUT2D eigenvalue weighted by atomic mass is 32.2. The fraction of sp³-hybridized carbons (Fsp3) is 0.727. The summed E-state index contributed by atoms with van der Waals surface area (Å²) in [7, 11) is 0. The summed E-state index contributed by atoms with van der Waals surface area (Å²) < 4.78 is 0. The van der Waals surface area contributed by atoms with Crippen molar-refractivity contribution in [2.24, 2.45) is 5.73 Å². The molecular weight excluding hydrogens is 700 g/mol. The fourth-order valence-electron chi connectivity index (χ4n) is 5.40. The third kappa shape index (κ3) is 19.4. The maximum absolute atomic E-state index is 13.7. The smallest absolute Gasteiger partial charge is 0.305 e. The average Bonchev–Trinajstić information content (AvgIpc) is 3.08. The molecule has 11 N–H and O–H groups in total. The first-order valence-corrected chi connectivity index (χ1v) is 19.1. The first kappa shape index (κ1) is 45.8. The van der Waals surface area contributed by atoms with Gasteiger partial charge in [-0.05, 0) is 64.0 Å². The number of guanidine groups is 1. The highest BCUT2D eigenvalue weighted by Crippen LogP contribution is 2.11. The number of amides is 4. The van der Waals surface area contributed by atoms with Crippen LogP contribution in [-0.2, 0) is 38.4 Å². The number of rotatable bonds is 12. The Balaban J connectivity index is 3.46. The van der Waals surface area contributed by atoms with Crippen molar-refractivity contribution in [2.75, 3.05) is 25.1 Å². The Morgan fingerprint density at radius 3 is 1.90 bits per heavy atom. The van der Waals surface area contributed by atoms with Crippen LogP contribution in [0.5, 0.6) is 0 Å². The second kappa shape index (κ2) is 25.7. The second-order valence-corrected chi connectivity index (χ2v) is 13.7. The largest absolute Gasteiger partial charge is 0.481 e. The summed E-state index contributed by atoms with van der Waals surface area (Å²) in [5, 5.41) is 41.6. The van der Waals surface area contributed by atoms with Crippen LogP contribution in [0.4, 0.5) is 0 Å². The van der Waals surface area contributed by atoms with Crippen molar-refractivity contribution >= 4 is 64.9 Å². The maximum Gasteiger partial charge on any atom is 0.305 e. The lowest BCUT2D eigenvalue weighted by Gasteiger charge is -2.26. The van der Waals surface area contributed by atoms with Crippen molar-refractivity contribution in [1.82, 2.24) is 31.9 Å². The van der Waals surface area contributed by atoms with Crippen molar-refractivity contribution in [1.29, 1.82) is 5.41 Å². The molecule has 5 atom stereocenters. The Bertz CT molecular complexity index is 1250. The molecule has 1 heterocycles. The van der Waals surface area contributed by atoms with Crippen molar-refractivity contribution in [3.05, 3.63) is 0 Å². The first-order chi connectivity index (χ1) is 24.7. The molecule has 0 aromatic heterocycles. The van der Waals surface area contributed by atoms with Crippen LogP contribution in [0.15, 0.2) is 0 Å². The summed E-state index contributed by atoms with van der Waals surface area (Å²) in [6.07, 6.45) is 5.75. The molecule has 1 rings (SSSR count). The normalized spacial score (nSPS) is 24.2. The van der Waals surface area contributed by atoms with Gasteiger partial charge in [-0.3, -0.25) is 43.8 Å². The first-order valence-electron chi connectivity index (χ1n) is 17.7.